The highest BCUT2D eigenvalue weighted by molar-refractivity contribution is 5.89. The normalized spacial score (nSPS) is 10.5. The first-order valence-electron chi connectivity index (χ1n) is 16.4. The maximum absolute atomic E-state index is 14.6. The molecule has 0 atom stereocenters. The molecule has 280 valence electrons. The molecule has 55 heavy (non-hydrogen) atoms. The van der Waals surface area contributed by atoms with Crippen LogP contribution in [0.3, 0.4) is 0 Å². The van der Waals surface area contributed by atoms with Gasteiger partial charge in [-0.05, 0) is 60.7 Å². The number of amides is 1. The number of pyridine rings is 2. The SMILES string of the molecule is COc1cc2nccc(Oc3ccc(N)c(F)c3)c2cc1OC.COc1cc2nccc(Oc3ccc(NC(=O)Oc4ccccc4)c(F)c3)c2cc1OC. The van der Waals surface area contributed by atoms with E-state index in [0.717, 1.165) is 5.39 Å². The minimum Gasteiger partial charge on any atom is -0.493 e. The number of methoxy groups -OCH3 is 4. The van der Waals surface area contributed by atoms with Crippen LogP contribution in [0, 0.1) is 11.6 Å². The molecular formula is C41H34F2N4O8. The Labute approximate surface area is 313 Å². The van der Waals surface area contributed by atoms with E-state index in [4.69, 9.17) is 38.9 Å². The van der Waals surface area contributed by atoms with Crippen LogP contribution in [0.15, 0.2) is 116 Å². The van der Waals surface area contributed by atoms with Crippen molar-refractivity contribution in [2.24, 2.45) is 0 Å². The summed E-state index contributed by atoms with van der Waals surface area (Å²) in [5.74, 6) is 2.90. The van der Waals surface area contributed by atoms with Crippen molar-refractivity contribution >= 4 is 39.3 Å². The summed E-state index contributed by atoms with van der Waals surface area (Å²) in [7, 11) is 6.18. The van der Waals surface area contributed by atoms with Gasteiger partial charge in [0.15, 0.2) is 28.8 Å². The lowest BCUT2D eigenvalue weighted by Crippen LogP contribution is -2.17. The van der Waals surface area contributed by atoms with Gasteiger partial charge in [0.2, 0.25) is 0 Å². The number of carbonyl (C=O) groups is 1. The fourth-order valence-corrected chi connectivity index (χ4v) is 5.29. The van der Waals surface area contributed by atoms with Crippen molar-refractivity contribution in [3.63, 3.8) is 0 Å². The number of anilines is 2. The first-order valence-corrected chi connectivity index (χ1v) is 16.4. The van der Waals surface area contributed by atoms with E-state index in [0.29, 0.717) is 62.4 Å². The van der Waals surface area contributed by atoms with E-state index in [1.54, 1.807) is 99.4 Å². The molecule has 7 aromatic rings. The molecule has 0 bridgehead atoms. The van der Waals surface area contributed by atoms with Gasteiger partial charge >= 0.3 is 6.09 Å². The molecule has 0 fully saturated rings. The van der Waals surface area contributed by atoms with Crippen molar-refractivity contribution in [2.45, 2.75) is 0 Å². The van der Waals surface area contributed by atoms with Gasteiger partial charge < -0.3 is 38.9 Å². The van der Waals surface area contributed by atoms with Gasteiger partial charge in [-0.3, -0.25) is 15.3 Å². The summed E-state index contributed by atoms with van der Waals surface area (Å²) in [5, 5.41) is 3.77. The Morgan fingerprint density at radius 2 is 1.05 bits per heavy atom. The van der Waals surface area contributed by atoms with Crippen LogP contribution in [0.2, 0.25) is 0 Å². The summed E-state index contributed by atoms with van der Waals surface area (Å²) >= 11 is 0. The van der Waals surface area contributed by atoms with Crippen molar-refractivity contribution in [1.29, 1.82) is 0 Å². The van der Waals surface area contributed by atoms with Crippen molar-refractivity contribution in [1.82, 2.24) is 9.97 Å². The van der Waals surface area contributed by atoms with Crippen LogP contribution in [0.1, 0.15) is 0 Å². The lowest BCUT2D eigenvalue weighted by molar-refractivity contribution is 0.215. The number of aromatic nitrogens is 2. The molecule has 0 aliphatic carbocycles. The van der Waals surface area contributed by atoms with E-state index in [1.807, 2.05) is 0 Å². The molecule has 2 heterocycles. The van der Waals surface area contributed by atoms with Gasteiger partial charge in [0, 0.05) is 47.4 Å². The number of nitrogens with two attached hydrogens (primary N) is 1. The number of rotatable bonds is 10. The zero-order valence-electron chi connectivity index (χ0n) is 30.0. The first-order chi connectivity index (χ1) is 26.7. The van der Waals surface area contributed by atoms with Gasteiger partial charge in [-0.25, -0.2) is 13.6 Å². The van der Waals surface area contributed by atoms with E-state index < -0.39 is 17.7 Å². The van der Waals surface area contributed by atoms with Crippen LogP contribution in [-0.4, -0.2) is 44.5 Å². The molecule has 14 heteroatoms. The minimum atomic E-state index is -0.801. The predicted octanol–water partition coefficient (Wildman–Crippen LogP) is 9.56. The van der Waals surface area contributed by atoms with Crippen LogP contribution < -0.4 is 44.2 Å². The fourth-order valence-electron chi connectivity index (χ4n) is 5.29. The summed E-state index contributed by atoms with van der Waals surface area (Å²) in [6.45, 7) is 0. The van der Waals surface area contributed by atoms with Crippen LogP contribution in [0.4, 0.5) is 25.0 Å². The number of fused-ring (bicyclic) bond motifs is 2. The first kappa shape index (κ1) is 37.4. The molecule has 0 aliphatic heterocycles. The number of ether oxygens (including phenoxy) is 7. The second-order valence-electron chi connectivity index (χ2n) is 11.4. The number of benzene rings is 5. The van der Waals surface area contributed by atoms with E-state index in [1.165, 1.54) is 44.6 Å². The molecule has 0 radical (unpaired) electrons. The van der Waals surface area contributed by atoms with Gasteiger partial charge in [0.25, 0.3) is 0 Å². The van der Waals surface area contributed by atoms with E-state index >= 15 is 0 Å². The maximum Gasteiger partial charge on any atom is 0.417 e. The Bertz CT molecular complexity index is 2470. The number of nitrogen functional groups attached to an aromatic ring is 1. The third-order valence-corrected chi connectivity index (χ3v) is 7.97. The third-order valence-electron chi connectivity index (χ3n) is 7.97. The number of hydrogen-bond donors (Lipinski definition) is 2. The van der Waals surface area contributed by atoms with Gasteiger partial charge in [-0.1, -0.05) is 18.2 Å². The smallest absolute Gasteiger partial charge is 0.417 e. The minimum absolute atomic E-state index is 0.0377. The number of nitrogens with zero attached hydrogens (tertiary/aromatic N) is 2. The molecule has 0 saturated carbocycles. The molecule has 0 spiro atoms. The molecule has 1 amide bonds. The highest BCUT2D eigenvalue weighted by atomic mass is 19.1. The Balaban J connectivity index is 0.000000197. The highest BCUT2D eigenvalue weighted by Crippen LogP contribution is 2.39. The maximum atomic E-state index is 14.6. The second-order valence-corrected chi connectivity index (χ2v) is 11.4. The molecule has 0 unspecified atom stereocenters. The molecule has 3 N–H and O–H groups in total. The zero-order valence-corrected chi connectivity index (χ0v) is 30.0. The average Bonchev–Trinajstić information content (AvgIpc) is 3.20. The van der Waals surface area contributed by atoms with E-state index in [2.05, 4.69) is 15.3 Å². The average molecular weight is 749 g/mol. The van der Waals surface area contributed by atoms with Gasteiger partial charge in [-0.2, -0.15) is 0 Å². The van der Waals surface area contributed by atoms with E-state index in [-0.39, 0.29) is 17.1 Å². The van der Waals surface area contributed by atoms with Gasteiger partial charge in [0.1, 0.15) is 34.6 Å². The molecular weight excluding hydrogens is 714 g/mol. The molecule has 7 rings (SSSR count). The Morgan fingerprint density at radius 3 is 1.55 bits per heavy atom. The Morgan fingerprint density at radius 1 is 0.564 bits per heavy atom. The molecule has 0 saturated heterocycles. The fraction of sp³-hybridized carbons (Fsp3) is 0.0976. The number of para-hydroxylation sites is 1. The highest BCUT2D eigenvalue weighted by Gasteiger charge is 2.15. The van der Waals surface area contributed by atoms with Crippen LogP contribution >= 0.6 is 0 Å². The topological polar surface area (TPSA) is 146 Å². The molecule has 0 aliphatic rings. The number of halogens is 2. The summed E-state index contributed by atoms with van der Waals surface area (Å²) in [6.07, 6.45) is 2.39. The molecule has 12 nitrogen and oxygen atoms in total. The van der Waals surface area contributed by atoms with Crippen molar-refractivity contribution in [3.05, 3.63) is 127 Å². The monoisotopic (exact) mass is 748 g/mol. The number of nitrogens with one attached hydrogen (secondary N) is 1. The lowest BCUT2D eigenvalue weighted by Gasteiger charge is -2.13. The van der Waals surface area contributed by atoms with Crippen LogP contribution in [0.25, 0.3) is 21.8 Å². The predicted molar refractivity (Wildman–Crippen MR) is 203 cm³/mol. The van der Waals surface area contributed by atoms with Gasteiger partial charge in [0.05, 0.1) is 50.8 Å². The standard InChI is InChI=1S/C24H19FN2O5.C17H15FN2O3/c1-29-22-13-17-20(14-23(22)30-2)26-11-10-21(17)31-16-8-9-19(18(25)12-16)27-24(28)32-15-6-4-3-5-7-15;1-21-16-8-11-14(9-17(16)22-2)20-6-5-15(11)23-10-3-4-13(19)12(18)7-10/h3-14H,1-2H3,(H,27,28);3-9H,19H2,1-2H3. The van der Waals surface area contributed by atoms with Crippen molar-refractivity contribution in [2.75, 3.05) is 39.5 Å². The van der Waals surface area contributed by atoms with Crippen LogP contribution in [0.5, 0.6) is 51.7 Å². The lowest BCUT2D eigenvalue weighted by atomic mass is 10.2. The van der Waals surface area contributed by atoms with Crippen molar-refractivity contribution in [3.8, 4) is 51.7 Å². The largest absolute Gasteiger partial charge is 0.493 e. The number of carbonyl (C=O) groups excluding carboxylic acids is 1. The summed E-state index contributed by atoms with van der Waals surface area (Å²) in [4.78, 5) is 20.6. The zero-order chi connectivity index (χ0) is 38.9. The summed E-state index contributed by atoms with van der Waals surface area (Å²) < 4.78 is 66.1. The Kier molecular flexibility index (Phi) is 11.6. The number of hydrogen-bond acceptors (Lipinski definition) is 11. The van der Waals surface area contributed by atoms with E-state index in [9.17, 15) is 13.6 Å². The molecule has 5 aromatic carbocycles. The van der Waals surface area contributed by atoms with Gasteiger partial charge in [-0.15, -0.1) is 0 Å². The second kappa shape index (κ2) is 17.0. The summed E-state index contributed by atoms with van der Waals surface area (Å²) in [5.41, 5.74) is 6.81. The van der Waals surface area contributed by atoms with Crippen molar-refractivity contribution < 1.29 is 46.7 Å². The molecule has 2 aromatic heterocycles. The third kappa shape index (κ3) is 8.83. The quantitative estimate of drug-likeness (QED) is 0.129. The summed E-state index contributed by atoms with van der Waals surface area (Å²) in [6, 6.07) is 27.2. The van der Waals surface area contributed by atoms with Crippen LogP contribution in [-0.2, 0) is 0 Å². The Hall–Kier alpha value is -7.35.